The topological polar surface area (TPSA) is 46.9 Å². The van der Waals surface area contributed by atoms with Crippen LogP contribution in [-0.2, 0) is 25.8 Å². The molecule has 1 unspecified atom stereocenters. The maximum atomic E-state index is 12.4. The largest absolute Gasteiger partial charge is 0.347 e. The van der Waals surface area contributed by atoms with Gasteiger partial charge in [-0.2, -0.15) is 0 Å². The summed E-state index contributed by atoms with van der Waals surface area (Å²) < 4.78 is 2.18. The summed E-state index contributed by atoms with van der Waals surface area (Å²) >= 11 is 1.68. The molecule has 2 aromatic heterocycles. The van der Waals surface area contributed by atoms with Gasteiger partial charge in [0, 0.05) is 30.1 Å². The summed E-state index contributed by atoms with van der Waals surface area (Å²) in [6.07, 6.45) is 7.53. The smallest absolute Gasteiger partial charge is 0.261 e. The Labute approximate surface area is 128 Å². The van der Waals surface area contributed by atoms with Crippen LogP contribution in [0.3, 0.4) is 0 Å². The lowest BCUT2D eigenvalue weighted by molar-refractivity contribution is 0.0931. The molecule has 0 bridgehead atoms. The van der Waals surface area contributed by atoms with Crippen molar-refractivity contribution in [2.24, 2.45) is 0 Å². The van der Waals surface area contributed by atoms with Crippen LogP contribution in [0.1, 0.15) is 44.5 Å². The molecule has 21 heavy (non-hydrogen) atoms. The molecule has 3 heterocycles. The van der Waals surface area contributed by atoms with Gasteiger partial charge in [0.2, 0.25) is 0 Å². The van der Waals surface area contributed by atoms with E-state index < -0.39 is 0 Å². The summed E-state index contributed by atoms with van der Waals surface area (Å²) in [7, 11) is 0. The van der Waals surface area contributed by atoms with E-state index in [9.17, 15) is 4.79 Å². The molecule has 110 valence electrons. The molecule has 1 amide bonds. The van der Waals surface area contributed by atoms with Gasteiger partial charge in [0.15, 0.2) is 0 Å². The van der Waals surface area contributed by atoms with Gasteiger partial charge in [-0.3, -0.25) is 4.79 Å². The van der Waals surface area contributed by atoms with Gasteiger partial charge < -0.3 is 9.88 Å². The van der Waals surface area contributed by atoms with E-state index in [1.165, 1.54) is 16.9 Å². The van der Waals surface area contributed by atoms with Crippen molar-refractivity contribution < 1.29 is 4.79 Å². The zero-order chi connectivity index (χ0) is 14.4. The van der Waals surface area contributed by atoms with Gasteiger partial charge >= 0.3 is 0 Å². The van der Waals surface area contributed by atoms with Crippen molar-refractivity contribution >= 4 is 17.2 Å². The molecule has 4 rings (SSSR count). The zero-order valence-electron chi connectivity index (χ0n) is 12.2. The van der Waals surface area contributed by atoms with E-state index in [0.717, 1.165) is 48.6 Å². The molecule has 0 aromatic carbocycles. The zero-order valence-corrected chi connectivity index (χ0v) is 13.0. The average molecular weight is 301 g/mol. The fraction of sp³-hybridized carbons (Fsp3) is 0.500. The fourth-order valence-corrected chi connectivity index (χ4v) is 4.56. The number of imidazole rings is 1. The van der Waals surface area contributed by atoms with Gasteiger partial charge in [0.25, 0.3) is 5.91 Å². The Hall–Kier alpha value is -1.62. The SMILES string of the molecule is Cc1cn2c(n1)CCC(NC(=O)c1cc3c(s1)CCC3)C2. The number of amides is 1. The second-order valence-corrected chi connectivity index (χ2v) is 7.21. The minimum Gasteiger partial charge on any atom is -0.347 e. The van der Waals surface area contributed by atoms with E-state index in [1.807, 2.05) is 6.92 Å². The maximum absolute atomic E-state index is 12.4. The third kappa shape index (κ3) is 2.39. The van der Waals surface area contributed by atoms with Crippen LogP contribution < -0.4 is 5.32 Å². The van der Waals surface area contributed by atoms with E-state index in [-0.39, 0.29) is 11.9 Å². The highest BCUT2D eigenvalue weighted by atomic mass is 32.1. The van der Waals surface area contributed by atoms with E-state index in [2.05, 4.69) is 27.1 Å². The number of hydrogen-bond acceptors (Lipinski definition) is 3. The van der Waals surface area contributed by atoms with Crippen LogP contribution in [0.15, 0.2) is 12.3 Å². The average Bonchev–Trinajstić information content (AvgIpc) is 3.09. The lowest BCUT2D eigenvalue weighted by Crippen LogP contribution is -2.40. The van der Waals surface area contributed by atoms with Crippen LogP contribution in [0.4, 0.5) is 0 Å². The number of carbonyl (C=O) groups is 1. The van der Waals surface area contributed by atoms with Gasteiger partial charge in [0.1, 0.15) is 5.82 Å². The molecular weight excluding hydrogens is 282 g/mol. The van der Waals surface area contributed by atoms with Crippen molar-refractivity contribution in [2.45, 2.75) is 51.6 Å². The first-order valence-electron chi connectivity index (χ1n) is 7.64. The fourth-order valence-electron chi connectivity index (χ4n) is 3.40. The minimum absolute atomic E-state index is 0.0969. The number of nitrogens with one attached hydrogen (secondary N) is 1. The van der Waals surface area contributed by atoms with Gasteiger partial charge in [-0.05, 0) is 44.2 Å². The second kappa shape index (κ2) is 4.98. The van der Waals surface area contributed by atoms with E-state index in [4.69, 9.17) is 0 Å². The van der Waals surface area contributed by atoms with E-state index in [1.54, 1.807) is 11.3 Å². The lowest BCUT2D eigenvalue weighted by atomic mass is 10.1. The third-order valence-corrected chi connectivity index (χ3v) is 5.65. The summed E-state index contributed by atoms with van der Waals surface area (Å²) in [4.78, 5) is 19.2. The van der Waals surface area contributed by atoms with E-state index in [0.29, 0.717) is 0 Å². The Morgan fingerprint density at radius 1 is 1.43 bits per heavy atom. The number of carbonyl (C=O) groups excluding carboxylic acids is 1. The first-order valence-corrected chi connectivity index (χ1v) is 8.46. The van der Waals surface area contributed by atoms with Crippen molar-refractivity contribution in [3.05, 3.63) is 39.1 Å². The van der Waals surface area contributed by atoms with Gasteiger partial charge in [-0.15, -0.1) is 11.3 Å². The first-order chi connectivity index (χ1) is 10.2. The third-order valence-electron chi connectivity index (χ3n) is 4.42. The predicted octanol–water partition coefficient (Wildman–Crippen LogP) is 2.49. The van der Waals surface area contributed by atoms with Crippen LogP contribution >= 0.6 is 11.3 Å². The molecule has 1 atom stereocenters. The molecule has 2 aromatic rings. The monoisotopic (exact) mass is 301 g/mol. The summed E-state index contributed by atoms with van der Waals surface area (Å²) in [5.74, 6) is 1.24. The first kappa shape index (κ1) is 13.1. The number of hydrogen-bond donors (Lipinski definition) is 1. The summed E-state index contributed by atoms with van der Waals surface area (Å²) in [5, 5.41) is 3.20. The number of nitrogens with zero attached hydrogens (tertiary/aromatic N) is 2. The van der Waals surface area contributed by atoms with Gasteiger partial charge in [0.05, 0.1) is 10.6 Å². The highest BCUT2D eigenvalue weighted by Gasteiger charge is 2.23. The molecule has 0 saturated carbocycles. The van der Waals surface area contributed by atoms with Crippen LogP contribution in [-0.4, -0.2) is 21.5 Å². The number of thiophene rings is 1. The molecule has 1 N–H and O–H groups in total. The standard InChI is InChI=1S/C16H19N3OS/c1-10-8-19-9-12(5-6-15(19)17-10)18-16(20)14-7-11-3-2-4-13(11)21-14/h7-8,12H,2-6,9H2,1H3,(H,18,20). The Kier molecular flexibility index (Phi) is 3.10. The molecule has 0 spiro atoms. The Bertz CT molecular complexity index is 679. The minimum atomic E-state index is 0.0969. The molecule has 0 saturated heterocycles. The molecule has 0 radical (unpaired) electrons. The second-order valence-electron chi connectivity index (χ2n) is 6.07. The van der Waals surface area contributed by atoms with Crippen LogP contribution in [0.5, 0.6) is 0 Å². The van der Waals surface area contributed by atoms with Crippen molar-refractivity contribution in [3.63, 3.8) is 0 Å². The Morgan fingerprint density at radius 2 is 2.33 bits per heavy atom. The summed E-state index contributed by atoms with van der Waals surface area (Å²) in [5.41, 5.74) is 2.45. The molecule has 1 aliphatic carbocycles. The number of aryl methyl sites for hydroxylation is 4. The van der Waals surface area contributed by atoms with Gasteiger partial charge in [-0.25, -0.2) is 4.98 Å². The van der Waals surface area contributed by atoms with Crippen LogP contribution in [0.25, 0.3) is 0 Å². The summed E-state index contributed by atoms with van der Waals surface area (Å²) in [6.45, 7) is 2.86. The molecule has 5 heteroatoms. The maximum Gasteiger partial charge on any atom is 0.261 e. The van der Waals surface area contributed by atoms with Crippen molar-refractivity contribution in [1.82, 2.24) is 14.9 Å². The van der Waals surface area contributed by atoms with Crippen molar-refractivity contribution in [1.29, 1.82) is 0 Å². The van der Waals surface area contributed by atoms with Crippen molar-refractivity contribution in [3.8, 4) is 0 Å². The number of fused-ring (bicyclic) bond motifs is 2. The lowest BCUT2D eigenvalue weighted by Gasteiger charge is -2.24. The number of aromatic nitrogens is 2. The number of rotatable bonds is 2. The highest BCUT2D eigenvalue weighted by molar-refractivity contribution is 7.14. The predicted molar refractivity (Wildman–Crippen MR) is 82.9 cm³/mol. The van der Waals surface area contributed by atoms with Gasteiger partial charge in [-0.1, -0.05) is 0 Å². The quantitative estimate of drug-likeness (QED) is 0.926. The van der Waals surface area contributed by atoms with E-state index >= 15 is 0 Å². The molecule has 1 aliphatic heterocycles. The highest BCUT2D eigenvalue weighted by Crippen LogP contribution is 2.30. The summed E-state index contributed by atoms with van der Waals surface area (Å²) in [6, 6.07) is 2.31. The van der Waals surface area contributed by atoms with Crippen LogP contribution in [0, 0.1) is 6.92 Å². The molecule has 4 nitrogen and oxygen atoms in total. The Balaban J connectivity index is 1.45. The molecular formula is C16H19N3OS. The van der Waals surface area contributed by atoms with Crippen LogP contribution in [0.2, 0.25) is 0 Å². The van der Waals surface area contributed by atoms with Crippen molar-refractivity contribution in [2.75, 3.05) is 0 Å². The molecule has 2 aliphatic rings. The molecule has 0 fully saturated rings. The normalized spacial score (nSPS) is 20.1. The Morgan fingerprint density at radius 3 is 3.19 bits per heavy atom.